The van der Waals surface area contributed by atoms with Crippen molar-refractivity contribution in [3.8, 4) is 5.75 Å². The number of halogens is 1. The highest BCUT2D eigenvalue weighted by molar-refractivity contribution is 9.10. The lowest BCUT2D eigenvalue weighted by atomic mass is 10.1. The van der Waals surface area contributed by atoms with Gasteiger partial charge in [-0.1, -0.05) is 28.1 Å². The highest BCUT2D eigenvalue weighted by atomic mass is 79.9. The molecule has 0 heterocycles. The van der Waals surface area contributed by atoms with Crippen molar-refractivity contribution >= 4 is 26.7 Å². The van der Waals surface area contributed by atoms with Crippen molar-refractivity contribution in [3.05, 3.63) is 40.9 Å². The maximum absolute atomic E-state index is 5.77. The van der Waals surface area contributed by atoms with E-state index in [-0.39, 0.29) is 5.60 Å². The van der Waals surface area contributed by atoms with Crippen LogP contribution >= 0.6 is 15.9 Å². The number of rotatable bonds is 1. The Morgan fingerprint density at radius 2 is 1.88 bits per heavy atom. The smallest absolute Gasteiger partial charge is 0.128 e. The van der Waals surface area contributed by atoms with Gasteiger partial charge in [0.05, 0.1) is 0 Å². The summed E-state index contributed by atoms with van der Waals surface area (Å²) in [6.07, 6.45) is 0. The normalized spacial score (nSPS) is 11.8. The SMILES string of the molecule is CC(C)(C)Oc1[c]c2ccc(Br)cc2cc1. The summed E-state index contributed by atoms with van der Waals surface area (Å²) in [4.78, 5) is 0. The highest BCUT2D eigenvalue weighted by Crippen LogP contribution is 2.25. The van der Waals surface area contributed by atoms with E-state index in [4.69, 9.17) is 4.74 Å². The van der Waals surface area contributed by atoms with Gasteiger partial charge in [-0.15, -0.1) is 0 Å². The largest absolute Gasteiger partial charge is 0.487 e. The maximum atomic E-state index is 5.77. The lowest BCUT2D eigenvalue weighted by Crippen LogP contribution is -2.22. The molecule has 1 radical (unpaired) electrons. The fourth-order valence-corrected chi connectivity index (χ4v) is 1.89. The van der Waals surface area contributed by atoms with Crippen LogP contribution in [0, 0.1) is 6.07 Å². The first-order valence-electron chi connectivity index (χ1n) is 5.25. The minimum atomic E-state index is -0.181. The molecule has 0 fully saturated rings. The van der Waals surface area contributed by atoms with Crippen molar-refractivity contribution in [1.29, 1.82) is 0 Å². The van der Waals surface area contributed by atoms with Crippen molar-refractivity contribution in [1.82, 2.24) is 0 Å². The molecule has 83 valence electrons. The zero-order valence-electron chi connectivity index (χ0n) is 9.67. The average molecular weight is 278 g/mol. The third kappa shape index (κ3) is 2.76. The van der Waals surface area contributed by atoms with Gasteiger partial charge in [0.25, 0.3) is 0 Å². The molecule has 0 spiro atoms. The van der Waals surface area contributed by atoms with E-state index in [2.05, 4.69) is 34.1 Å². The van der Waals surface area contributed by atoms with E-state index in [0.717, 1.165) is 21.0 Å². The van der Waals surface area contributed by atoms with E-state index in [1.165, 1.54) is 0 Å². The summed E-state index contributed by atoms with van der Waals surface area (Å²) in [7, 11) is 0. The first-order chi connectivity index (χ1) is 7.44. The Morgan fingerprint density at radius 3 is 2.56 bits per heavy atom. The van der Waals surface area contributed by atoms with Crippen LogP contribution in [0.2, 0.25) is 0 Å². The molecule has 2 aromatic carbocycles. The van der Waals surface area contributed by atoms with Crippen LogP contribution in [0.1, 0.15) is 20.8 Å². The molecule has 0 saturated heterocycles. The van der Waals surface area contributed by atoms with Crippen LogP contribution in [0.15, 0.2) is 34.8 Å². The zero-order valence-corrected chi connectivity index (χ0v) is 11.3. The molecule has 0 bridgehead atoms. The third-order valence-electron chi connectivity index (χ3n) is 2.10. The second-order valence-corrected chi connectivity index (χ2v) is 5.68. The molecule has 1 nitrogen and oxygen atoms in total. The molecule has 0 N–H and O–H groups in total. The molecule has 0 unspecified atom stereocenters. The topological polar surface area (TPSA) is 9.23 Å². The predicted octanol–water partition coefficient (Wildman–Crippen LogP) is 4.58. The first-order valence-corrected chi connectivity index (χ1v) is 6.04. The molecule has 2 rings (SSSR count). The Kier molecular flexibility index (Phi) is 2.94. The predicted molar refractivity (Wildman–Crippen MR) is 70.9 cm³/mol. The Hall–Kier alpha value is -1.02. The Balaban J connectivity index is 2.41. The molecule has 16 heavy (non-hydrogen) atoms. The number of benzene rings is 2. The number of hydrogen-bond acceptors (Lipinski definition) is 1. The van der Waals surface area contributed by atoms with E-state index in [1.54, 1.807) is 0 Å². The summed E-state index contributed by atoms with van der Waals surface area (Å²) in [6.45, 7) is 6.10. The lowest BCUT2D eigenvalue weighted by molar-refractivity contribution is 0.131. The van der Waals surface area contributed by atoms with Crippen LogP contribution in [0.4, 0.5) is 0 Å². The van der Waals surface area contributed by atoms with Crippen LogP contribution in [-0.2, 0) is 0 Å². The van der Waals surface area contributed by atoms with Crippen molar-refractivity contribution in [2.24, 2.45) is 0 Å². The summed E-state index contributed by atoms with van der Waals surface area (Å²) in [6, 6.07) is 13.4. The second-order valence-electron chi connectivity index (χ2n) is 4.77. The van der Waals surface area contributed by atoms with E-state index < -0.39 is 0 Å². The summed E-state index contributed by atoms with van der Waals surface area (Å²) in [5.74, 6) is 0.794. The van der Waals surface area contributed by atoms with Gasteiger partial charge in [0.1, 0.15) is 11.4 Å². The summed E-state index contributed by atoms with van der Waals surface area (Å²) < 4.78 is 6.85. The fourth-order valence-electron chi connectivity index (χ4n) is 1.51. The standard InChI is InChI=1S/C14H14BrO/c1-14(2,3)16-13-7-5-10-8-12(15)6-4-11(10)9-13/h4-8H,1-3H3. The van der Waals surface area contributed by atoms with Crippen molar-refractivity contribution in [3.63, 3.8) is 0 Å². The zero-order chi connectivity index (χ0) is 11.8. The van der Waals surface area contributed by atoms with Crippen LogP contribution < -0.4 is 4.74 Å². The summed E-state index contributed by atoms with van der Waals surface area (Å²) in [5, 5.41) is 2.24. The van der Waals surface area contributed by atoms with Gasteiger partial charge >= 0.3 is 0 Å². The van der Waals surface area contributed by atoms with Gasteiger partial charge in [0, 0.05) is 10.5 Å². The molecular formula is C14H14BrO. The molecule has 2 aromatic rings. The summed E-state index contributed by atoms with van der Waals surface area (Å²) in [5.41, 5.74) is -0.181. The van der Waals surface area contributed by atoms with Crippen molar-refractivity contribution < 1.29 is 4.74 Å². The Bertz CT molecular complexity index is 512. The van der Waals surface area contributed by atoms with Crippen molar-refractivity contribution in [2.45, 2.75) is 26.4 Å². The van der Waals surface area contributed by atoms with E-state index in [0.29, 0.717) is 0 Å². The van der Waals surface area contributed by atoms with Gasteiger partial charge in [-0.25, -0.2) is 0 Å². The van der Waals surface area contributed by atoms with Gasteiger partial charge in [0.15, 0.2) is 0 Å². The first kappa shape index (κ1) is 11.5. The minimum Gasteiger partial charge on any atom is -0.487 e. The Labute approximate surface area is 105 Å². The molecule has 0 aliphatic heterocycles. The average Bonchev–Trinajstić information content (AvgIpc) is 2.16. The molecule has 0 aromatic heterocycles. The quantitative estimate of drug-likeness (QED) is 0.742. The van der Waals surface area contributed by atoms with Gasteiger partial charge in [-0.05, 0) is 49.7 Å². The van der Waals surface area contributed by atoms with Crippen LogP contribution in [0.3, 0.4) is 0 Å². The number of hydrogen-bond donors (Lipinski definition) is 0. The van der Waals surface area contributed by atoms with Crippen LogP contribution in [0.25, 0.3) is 10.8 Å². The molecule has 0 aliphatic carbocycles. The third-order valence-corrected chi connectivity index (χ3v) is 2.60. The fraction of sp³-hybridized carbons (Fsp3) is 0.286. The van der Waals surface area contributed by atoms with E-state index in [1.807, 2.05) is 39.0 Å². The number of fused-ring (bicyclic) bond motifs is 1. The highest BCUT2D eigenvalue weighted by Gasteiger charge is 2.11. The maximum Gasteiger partial charge on any atom is 0.128 e. The van der Waals surface area contributed by atoms with Crippen LogP contribution in [-0.4, -0.2) is 5.60 Å². The van der Waals surface area contributed by atoms with Crippen molar-refractivity contribution in [2.75, 3.05) is 0 Å². The van der Waals surface area contributed by atoms with Crippen LogP contribution in [0.5, 0.6) is 5.75 Å². The molecule has 0 aliphatic rings. The second kappa shape index (κ2) is 4.10. The molecule has 0 amide bonds. The Morgan fingerprint density at radius 1 is 1.12 bits per heavy atom. The van der Waals surface area contributed by atoms with Gasteiger partial charge in [0.2, 0.25) is 0 Å². The summed E-state index contributed by atoms with van der Waals surface area (Å²) >= 11 is 3.45. The molecule has 0 saturated carbocycles. The monoisotopic (exact) mass is 277 g/mol. The van der Waals surface area contributed by atoms with E-state index >= 15 is 0 Å². The lowest BCUT2D eigenvalue weighted by Gasteiger charge is -2.21. The number of ether oxygens (including phenoxy) is 1. The van der Waals surface area contributed by atoms with Gasteiger partial charge < -0.3 is 4.74 Å². The van der Waals surface area contributed by atoms with Gasteiger partial charge in [-0.2, -0.15) is 0 Å². The van der Waals surface area contributed by atoms with Gasteiger partial charge in [-0.3, -0.25) is 0 Å². The minimum absolute atomic E-state index is 0.181. The molecule has 2 heteroatoms. The van der Waals surface area contributed by atoms with E-state index in [9.17, 15) is 0 Å². The molecule has 0 atom stereocenters. The molecular weight excluding hydrogens is 264 g/mol.